The largest absolute Gasteiger partial charge is 0.502 e. The van der Waals surface area contributed by atoms with Gasteiger partial charge < -0.3 is 0 Å². The van der Waals surface area contributed by atoms with E-state index in [1.807, 2.05) is 0 Å². The minimum Gasteiger partial charge on any atom is -0.161 e. The van der Waals surface area contributed by atoms with Crippen molar-refractivity contribution in [2.75, 3.05) is 13.3 Å². The number of rotatable bonds is 0. The van der Waals surface area contributed by atoms with E-state index in [0.29, 0.717) is 0 Å². The van der Waals surface area contributed by atoms with Gasteiger partial charge in [0.05, 0.1) is 0 Å². The first kappa shape index (κ1) is 16.1. The van der Waals surface area contributed by atoms with Gasteiger partial charge >= 0.3 is 16.1 Å². The summed E-state index contributed by atoms with van der Waals surface area (Å²) in [6, 6.07) is 0. The van der Waals surface area contributed by atoms with E-state index >= 15 is 0 Å². The van der Waals surface area contributed by atoms with Gasteiger partial charge in [-0.3, -0.25) is 0 Å². The standard InChI is InChI=1S/2CH3O2P.CH4/c2*1-4(2)3;/h2*1H3;1H4/p+2. The fraction of sp³-hybridized carbons (Fsp3) is 1.00. The maximum atomic E-state index is 9.15. The van der Waals surface area contributed by atoms with Crippen LogP contribution in [-0.4, -0.2) is 23.1 Å². The second-order valence-electron chi connectivity index (χ2n) is 0.928. The molecule has 0 rings (SSSR count). The van der Waals surface area contributed by atoms with Crippen LogP contribution < -0.4 is 0 Å². The van der Waals surface area contributed by atoms with Crippen molar-refractivity contribution in [3.8, 4) is 0 Å². The summed E-state index contributed by atoms with van der Waals surface area (Å²) < 4.78 is 18.3. The predicted octanol–water partition coefficient (Wildman–Crippen LogP) is 1.34. The summed E-state index contributed by atoms with van der Waals surface area (Å²) in [7, 11) is -3.74. The van der Waals surface area contributed by atoms with E-state index < -0.39 is 16.1 Å². The van der Waals surface area contributed by atoms with Gasteiger partial charge in [-0.2, -0.15) is 9.79 Å². The Hall–Kier alpha value is 0.120. The molecule has 56 valence electrons. The molecule has 0 radical (unpaired) electrons. The van der Waals surface area contributed by atoms with E-state index in [0.717, 1.165) is 0 Å². The second kappa shape index (κ2) is 11.0. The van der Waals surface area contributed by atoms with Gasteiger partial charge in [0, 0.05) is 0 Å². The Morgan fingerprint density at radius 3 is 1.00 bits per heavy atom. The highest BCUT2D eigenvalue weighted by molar-refractivity contribution is 7.37. The first-order valence-corrected chi connectivity index (χ1v) is 4.98. The molecule has 9 heavy (non-hydrogen) atoms. The van der Waals surface area contributed by atoms with E-state index in [4.69, 9.17) is 18.9 Å². The summed E-state index contributed by atoms with van der Waals surface area (Å²) in [6.07, 6.45) is 0. The molecule has 0 heterocycles. The average molecular weight is 174 g/mol. The fourth-order valence-corrected chi connectivity index (χ4v) is 0. The lowest BCUT2D eigenvalue weighted by Gasteiger charge is -1.36. The molecule has 0 aliphatic heterocycles. The molecule has 2 atom stereocenters. The Kier molecular flexibility index (Phi) is 19.6. The van der Waals surface area contributed by atoms with Crippen molar-refractivity contribution in [3.05, 3.63) is 0 Å². The number of hydrogen-bond donors (Lipinski definition) is 2. The van der Waals surface area contributed by atoms with Crippen LogP contribution in [0.5, 0.6) is 0 Å². The predicted molar refractivity (Wildman–Crippen MR) is 38.2 cm³/mol. The molecule has 2 N–H and O–H groups in total. The summed E-state index contributed by atoms with van der Waals surface area (Å²) in [4.78, 5) is 15.1. The molecule has 0 saturated carbocycles. The SMILES string of the molecule is C.C[P+](=O)O.C[P+](=O)O. The van der Waals surface area contributed by atoms with Gasteiger partial charge in [0.25, 0.3) is 0 Å². The lowest BCUT2D eigenvalue weighted by Crippen LogP contribution is -1.35. The maximum Gasteiger partial charge on any atom is 0.502 e. The van der Waals surface area contributed by atoms with Crippen LogP contribution in [0.15, 0.2) is 0 Å². The van der Waals surface area contributed by atoms with Crippen molar-refractivity contribution in [2.45, 2.75) is 7.43 Å². The highest BCUT2D eigenvalue weighted by Gasteiger charge is 1.86. The normalized spacial score (nSPS) is 9.78. The van der Waals surface area contributed by atoms with Gasteiger partial charge in [-0.05, 0) is 9.13 Å². The lowest BCUT2D eigenvalue weighted by molar-refractivity contribution is 0.508. The molecule has 2 unspecified atom stereocenters. The molecule has 0 spiro atoms. The Labute approximate surface area is 56.7 Å². The highest BCUT2D eigenvalue weighted by atomic mass is 31.1. The quantitative estimate of drug-likeness (QED) is 0.543. The first-order valence-electron chi connectivity index (χ1n) is 1.66. The van der Waals surface area contributed by atoms with Gasteiger partial charge in [-0.1, -0.05) is 7.43 Å². The fourth-order valence-electron chi connectivity index (χ4n) is 0. The summed E-state index contributed by atoms with van der Waals surface area (Å²) in [5, 5.41) is 0. The van der Waals surface area contributed by atoms with E-state index in [-0.39, 0.29) is 7.43 Å². The molecule has 0 aromatic heterocycles. The van der Waals surface area contributed by atoms with Crippen molar-refractivity contribution in [2.24, 2.45) is 0 Å². The zero-order valence-corrected chi connectivity index (χ0v) is 6.39. The van der Waals surface area contributed by atoms with Gasteiger partial charge in [-0.25, -0.2) is 0 Å². The molecule has 0 aliphatic carbocycles. The van der Waals surface area contributed by atoms with Gasteiger partial charge in [0.15, 0.2) is 13.3 Å². The third-order valence-corrected chi connectivity index (χ3v) is 0. The van der Waals surface area contributed by atoms with E-state index in [1.54, 1.807) is 0 Å². The molecule has 0 aromatic rings. The van der Waals surface area contributed by atoms with Crippen LogP contribution in [0.2, 0.25) is 0 Å². The Morgan fingerprint density at radius 1 is 1.00 bits per heavy atom. The molecule has 0 aliphatic rings. The average Bonchev–Trinajstić information content (AvgIpc) is 1.25. The minimum atomic E-state index is -1.87. The zero-order chi connectivity index (χ0) is 7.15. The van der Waals surface area contributed by atoms with Gasteiger partial charge in [0.2, 0.25) is 0 Å². The van der Waals surface area contributed by atoms with Gasteiger partial charge in [0.1, 0.15) is 0 Å². The molecule has 0 fully saturated rings. The van der Waals surface area contributed by atoms with Crippen LogP contribution in [0.25, 0.3) is 0 Å². The zero-order valence-electron chi connectivity index (χ0n) is 4.61. The monoisotopic (exact) mass is 174 g/mol. The maximum absolute atomic E-state index is 9.15. The Morgan fingerprint density at radius 2 is 1.00 bits per heavy atom. The second-order valence-corrected chi connectivity index (χ2v) is 2.79. The van der Waals surface area contributed by atoms with Crippen LogP contribution in [-0.2, 0) is 9.13 Å². The van der Waals surface area contributed by atoms with E-state index in [2.05, 4.69) is 0 Å². The molecular formula is C3H12O4P2+2. The molecule has 4 nitrogen and oxygen atoms in total. The molecule has 0 saturated heterocycles. The highest BCUT2D eigenvalue weighted by Crippen LogP contribution is 2.00. The minimum absolute atomic E-state index is 0. The third kappa shape index (κ3) is 21100. The smallest absolute Gasteiger partial charge is 0.161 e. The Bertz CT molecular complexity index is 71.8. The summed E-state index contributed by atoms with van der Waals surface area (Å²) in [5.41, 5.74) is 0. The summed E-state index contributed by atoms with van der Waals surface area (Å²) >= 11 is 0. The van der Waals surface area contributed by atoms with Crippen molar-refractivity contribution in [3.63, 3.8) is 0 Å². The summed E-state index contributed by atoms with van der Waals surface area (Å²) in [6.45, 7) is 2.46. The van der Waals surface area contributed by atoms with Gasteiger partial charge in [-0.15, -0.1) is 0 Å². The first-order chi connectivity index (χ1) is 3.46. The van der Waals surface area contributed by atoms with E-state index in [9.17, 15) is 0 Å². The van der Waals surface area contributed by atoms with Crippen molar-refractivity contribution < 1.29 is 18.9 Å². The molecule has 0 bridgehead atoms. The van der Waals surface area contributed by atoms with Crippen LogP contribution in [0.4, 0.5) is 0 Å². The third-order valence-electron chi connectivity index (χ3n) is 0. The van der Waals surface area contributed by atoms with Crippen molar-refractivity contribution in [1.82, 2.24) is 0 Å². The van der Waals surface area contributed by atoms with Crippen molar-refractivity contribution >= 4 is 16.1 Å². The van der Waals surface area contributed by atoms with E-state index in [1.165, 1.54) is 13.3 Å². The van der Waals surface area contributed by atoms with Crippen LogP contribution in [0.1, 0.15) is 7.43 Å². The van der Waals surface area contributed by atoms with Crippen molar-refractivity contribution in [1.29, 1.82) is 0 Å². The molecule has 0 aromatic carbocycles. The van der Waals surface area contributed by atoms with Crippen LogP contribution >= 0.6 is 16.1 Å². The van der Waals surface area contributed by atoms with Crippen LogP contribution in [0, 0.1) is 0 Å². The van der Waals surface area contributed by atoms with Crippen LogP contribution in [0.3, 0.4) is 0 Å². The summed E-state index contributed by atoms with van der Waals surface area (Å²) in [5.74, 6) is 0. The topological polar surface area (TPSA) is 74.6 Å². The lowest BCUT2D eigenvalue weighted by atomic mass is 12.0. The number of hydrogen-bond acceptors (Lipinski definition) is 2. The Balaban J connectivity index is -0.0000000720. The molecule has 6 heteroatoms. The molecular weight excluding hydrogens is 162 g/mol. The molecule has 0 amide bonds.